The number of rotatable bonds is 5. The van der Waals surface area contributed by atoms with Gasteiger partial charge in [0.05, 0.1) is 10.6 Å². The van der Waals surface area contributed by atoms with Crippen LogP contribution in [0.5, 0.6) is 0 Å². The summed E-state index contributed by atoms with van der Waals surface area (Å²) in [6.07, 6.45) is 0. The minimum atomic E-state index is -0.504. The third-order valence-corrected chi connectivity index (χ3v) is 3.93. The summed E-state index contributed by atoms with van der Waals surface area (Å²) in [4.78, 5) is 26.1. The Balaban J connectivity index is 2.11. The van der Waals surface area contributed by atoms with Gasteiger partial charge in [0.25, 0.3) is 11.8 Å². The Kier molecular flexibility index (Phi) is 5.93. The van der Waals surface area contributed by atoms with E-state index in [9.17, 15) is 14.0 Å². The summed E-state index contributed by atoms with van der Waals surface area (Å²) < 4.78 is 13.0. The monoisotopic (exact) mass is 348 g/mol. The van der Waals surface area contributed by atoms with E-state index in [-0.39, 0.29) is 16.5 Å². The first kappa shape index (κ1) is 17.9. The van der Waals surface area contributed by atoms with Crippen LogP contribution in [0.3, 0.4) is 0 Å². The molecule has 2 rings (SSSR count). The van der Waals surface area contributed by atoms with E-state index in [1.165, 1.54) is 12.1 Å². The summed E-state index contributed by atoms with van der Waals surface area (Å²) in [6.45, 7) is 5.11. The van der Waals surface area contributed by atoms with Gasteiger partial charge in [-0.2, -0.15) is 0 Å². The standard InChI is InChI=1S/C18H18ClFN2O2/c1-3-22(4-2)18(24)12-5-8-14(9-6-12)21-17(23)15-10-7-13(20)11-16(15)19/h5-11H,3-4H2,1-2H3,(H,21,23). The molecule has 0 aliphatic carbocycles. The first-order valence-electron chi connectivity index (χ1n) is 7.62. The fourth-order valence-electron chi connectivity index (χ4n) is 2.26. The van der Waals surface area contributed by atoms with Crippen LogP contribution in [0.4, 0.5) is 10.1 Å². The van der Waals surface area contributed by atoms with Crippen LogP contribution >= 0.6 is 11.6 Å². The van der Waals surface area contributed by atoms with Crippen molar-refractivity contribution in [2.75, 3.05) is 18.4 Å². The first-order chi connectivity index (χ1) is 11.5. The Hall–Kier alpha value is -2.40. The second kappa shape index (κ2) is 7.93. The van der Waals surface area contributed by atoms with Crippen LogP contribution in [-0.2, 0) is 0 Å². The Morgan fingerprint density at radius 2 is 1.71 bits per heavy atom. The average molecular weight is 349 g/mol. The van der Waals surface area contributed by atoms with Gasteiger partial charge in [-0.1, -0.05) is 11.6 Å². The van der Waals surface area contributed by atoms with E-state index in [2.05, 4.69) is 5.32 Å². The van der Waals surface area contributed by atoms with Gasteiger partial charge < -0.3 is 10.2 Å². The maximum atomic E-state index is 13.0. The predicted molar refractivity (Wildman–Crippen MR) is 93.1 cm³/mol. The maximum Gasteiger partial charge on any atom is 0.257 e. The zero-order valence-electron chi connectivity index (χ0n) is 13.5. The molecule has 0 heterocycles. The molecule has 2 aromatic carbocycles. The summed E-state index contributed by atoms with van der Waals surface area (Å²) in [7, 11) is 0. The lowest BCUT2D eigenvalue weighted by atomic mass is 10.1. The molecule has 0 aliphatic heterocycles. The van der Waals surface area contributed by atoms with Crippen molar-refractivity contribution >= 4 is 29.1 Å². The van der Waals surface area contributed by atoms with E-state index in [4.69, 9.17) is 11.6 Å². The Labute approximate surface area is 145 Å². The molecule has 0 unspecified atom stereocenters. The number of hydrogen-bond acceptors (Lipinski definition) is 2. The molecule has 2 aromatic rings. The lowest BCUT2D eigenvalue weighted by Gasteiger charge is -2.18. The van der Waals surface area contributed by atoms with Gasteiger partial charge in [0.1, 0.15) is 5.82 Å². The van der Waals surface area contributed by atoms with Crippen LogP contribution in [0.2, 0.25) is 5.02 Å². The van der Waals surface area contributed by atoms with Crippen LogP contribution in [0, 0.1) is 5.82 Å². The van der Waals surface area contributed by atoms with Gasteiger partial charge in [0.15, 0.2) is 0 Å². The van der Waals surface area contributed by atoms with Gasteiger partial charge in [-0.15, -0.1) is 0 Å². The molecular formula is C18H18ClFN2O2. The van der Waals surface area contributed by atoms with Gasteiger partial charge >= 0.3 is 0 Å². The van der Waals surface area contributed by atoms with E-state index in [1.807, 2.05) is 13.8 Å². The second-order valence-electron chi connectivity index (χ2n) is 5.13. The van der Waals surface area contributed by atoms with Crippen molar-refractivity contribution in [1.29, 1.82) is 0 Å². The minimum absolute atomic E-state index is 0.0424. The molecule has 0 atom stereocenters. The summed E-state index contributed by atoms with van der Waals surface area (Å²) in [6, 6.07) is 10.2. The Bertz CT molecular complexity index is 743. The summed E-state index contributed by atoms with van der Waals surface area (Å²) in [5, 5.41) is 2.71. The highest BCUT2D eigenvalue weighted by Gasteiger charge is 2.14. The van der Waals surface area contributed by atoms with Crippen molar-refractivity contribution in [3.8, 4) is 0 Å². The van der Waals surface area contributed by atoms with E-state index in [0.717, 1.165) is 6.07 Å². The molecule has 0 spiro atoms. The van der Waals surface area contributed by atoms with Crippen molar-refractivity contribution in [3.05, 3.63) is 64.4 Å². The lowest BCUT2D eigenvalue weighted by Crippen LogP contribution is -2.30. The molecule has 0 bridgehead atoms. The molecule has 0 saturated heterocycles. The summed E-state index contributed by atoms with van der Waals surface area (Å²) in [5.41, 5.74) is 1.26. The van der Waals surface area contributed by atoms with Crippen molar-refractivity contribution in [3.63, 3.8) is 0 Å². The number of carbonyl (C=O) groups is 2. The Morgan fingerprint density at radius 3 is 2.25 bits per heavy atom. The van der Waals surface area contributed by atoms with Crippen LogP contribution in [-0.4, -0.2) is 29.8 Å². The average Bonchev–Trinajstić information content (AvgIpc) is 2.56. The fourth-order valence-corrected chi connectivity index (χ4v) is 2.51. The SMILES string of the molecule is CCN(CC)C(=O)c1ccc(NC(=O)c2ccc(F)cc2Cl)cc1. The molecule has 2 amide bonds. The van der Waals surface area contributed by atoms with Crippen LogP contribution in [0.1, 0.15) is 34.6 Å². The molecule has 0 aliphatic rings. The van der Waals surface area contributed by atoms with Crippen molar-refractivity contribution in [1.82, 2.24) is 4.90 Å². The number of anilines is 1. The van der Waals surface area contributed by atoms with Crippen LogP contribution in [0.15, 0.2) is 42.5 Å². The van der Waals surface area contributed by atoms with E-state index in [1.54, 1.807) is 29.2 Å². The third kappa shape index (κ3) is 4.11. The molecular weight excluding hydrogens is 331 g/mol. The molecule has 0 radical (unpaired) electrons. The van der Waals surface area contributed by atoms with E-state index in [0.29, 0.717) is 24.3 Å². The number of hydrogen-bond donors (Lipinski definition) is 1. The molecule has 126 valence electrons. The quantitative estimate of drug-likeness (QED) is 0.879. The number of benzene rings is 2. The zero-order valence-corrected chi connectivity index (χ0v) is 14.2. The third-order valence-electron chi connectivity index (χ3n) is 3.62. The van der Waals surface area contributed by atoms with Gasteiger partial charge in [-0.25, -0.2) is 4.39 Å². The van der Waals surface area contributed by atoms with E-state index >= 15 is 0 Å². The van der Waals surface area contributed by atoms with Gasteiger partial charge in [-0.05, 0) is 56.3 Å². The highest BCUT2D eigenvalue weighted by molar-refractivity contribution is 6.34. The molecule has 4 nitrogen and oxygen atoms in total. The van der Waals surface area contributed by atoms with Crippen molar-refractivity contribution in [2.45, 2.75) is 13.8 Å². The predicted octanol–water partition coefficient (Wildman–Crippen LogP) is 4.21. The number of amides is 2. The van der Waals surface area contributed by atoms with E-state index < -0.39 is 11.7 Å². The van der Waals surface area contributed by atoms with Crippen molar-refractivity contribution in [2.24, 2.45) is 0 Å². The normalized spacial score (nSPS) is 10.3. The van der Waals surface area contributed by atoms with Gasteiger partial charge in [-0.3, -0.25) is 9.59 Å². The molecule has 0 saturated carbocycles. The highest BCUT2D eigenvalue weighted by Crippen LogP contribution is 2.19. The van der Waals surface area contributed by atoms with Gasteiger partial charge in [0.2, 0.25) is 0 Å². The number of nitrogens with one attached hydrogen (secondary N) is 1. The topological polar surface area (TPSA) is 49.4 Å². The maximum absolute atomic E-state index is 13.0. The lowest BCUT2D eigenvalue weighted by molar-refractivity contribution is 0.0773. The van der Waals surface area contributed by atoms with Crippen LogP contribution < -0.4 is 5.32 Å². The number of carbonyl (C=O) groups excluding carboxylic acids is 2. The molecule has 0 fully saturated rings. The fraction of sp³-hybridized carbons (Fsp3) is 0.222. The smallest absolute Gasteiger partial charge is 0.257 e. The summed E-state index contributed by atoms with van der Waals surface area (Å²) in [5.74, 6) is -1.00. The molecule has 0 aromatic heterocycles. The number of nitrogens with zero attached hydrogens (tertiary/aromatic N) is 1. The molecule has 1 N–H and O–H groups in total. The first-order valence-corrected chi connectivity index (χ1v) is 7.99. The highest BCUT2D eigenvalue weighted by atomic mass is 35.5. The summed E-state index contributed by atoms with van der Waals surface area (Å²) >= 11 is 5.87. The van der Waals surface area contributed by atoms with Gasteiger partial charge in [0, 0.05) is 24.3 Å². The molecule has 6 heteroatoms. The van der Waals surface area contributed by atoms with Crippen molar-refractivity contribution < 1.29 is 14.0 Å². The zero-order chi connectivity index (χ0) is 17.7. The second-order valence-corrected chi connectivity index (χ2v) is 5.54. The Morgan fingerprint density at radius 1 is 1.08 bits per heavy atom. The van der Waals surface area contributed by atoms with Crippen LogP contribution in [0.25, 0.3) is 0 Å². The number of halogens is 2. The largest absolute Gasteiger partial charge is 0.339 e. The molecule has 24 heavy (non-hydrogen) atoms. The minimum Gasteiger partial charge on any atom is -0.339 e.